The van der Waals surface area contributed by atoms with Crippen molar-refractivity contribution in [3.05, 3.63) is 29.8 Å². The molecule has 6 nitrogen and oxygen atoms in total. The lowest BCUT2D eigenvalue weighted by atomic mass is 10.2. The molecule has 0 spiro atoms. The molecule has 2 N–H and O–H groups in total. The first-order valence-corrected chi connectivity index (χ1v) is 7.72. The molecule has 0 aliphatic rings. The molecule has 0 saturated carbocycles. The standard InChI is InChI=1S/C14H19FN2O4S/c1-14(2,3)21-13(20)17-11(12(18)19)8-22-7-9-4-10(15)6-16-5-9/h4-6,11H,7-8H2,1-3H3,(H,17,20)(H,18,19). The van der Waals surface area contributed by atoms with Crippen LogP contribution in [-0.4, -0.2) is 39.5 Å². The van der Waals surface area contributed by atoms with Crippen molar-refractivity contribution in [3.63, 3.8) is 0 Å². The van der Waals surface area contributed by atoms with E-state index in [1.807, 2.05) is 0 Å². The van der Waals surface area contributed by atoms with Crippen LogP contribution < -0.4 is 5.32 Å². The number of aliphatic carboxylic acids is 1. The summed E-state index contributed by atoms with van der Waals surface area (Å²) in [4.78, 5) is 26.4. The molecule has 122 valence electrons. The highest BCUT2D eigenvalue weighted by atomic mass is 32.2. The molecule has 1 amide bonds. The number of carbonyl (C=O) groups excluding carboxylic acids is 1. The van der Waals surface area contributed by atoms with Gasteiger partial charge in [0, 0.05) is 17.7 Å². The summed E-state index contributed by atoms with van der Waals surface area (Å²) in [6.07, 6.45) is 1.82. The van der Waals surface area contributed by atoms with Crippen molar-refractivity contribution in [3.8, 4) is 0 Å². The van der Waals surface area contributed by atoms with Crippen LogP contribution in [0.15, 0.2) is 18.5 Å². The fraction of sp³-hybridized carbons (Fsp3) is 0.500. The number of carbonyl (C=O) groups is 2. The van der Waals surface area contributed by atoms with E-state index in [0.717, 1.165) is 6.20 Å². The van der Waals surface area contributed by atoms with Crippen molar-refractivity contribution in [1.82, 2.24) is 10.3 Å². The minimum absolute atomic E-state index is 0.130. The summed E-state index contributed by atoms with van der Waals surface area (Å²) in [5, 5.41) is 11.4. The van der Waals surface area contributed by atoms with E-state index in [2.05, 4.69) is 10.3 Å². The molecule has 0 fully saturated rings. The number of nitrogens with one attached hydrogen (secondary N) is 1. The molecule has 1 atom stereocenters. The van der Waals surface area contributed by atoms with E-state index >= 15 is 0 Å². The Morgan fingerprint density at radius 3 is 2.68 bits per heavy atom. The number of amides is 1. The van der Waals surface area contributed by atoms with Gasteiger partial charge in [-0.2, -0.15) is 11.8 Å². The van der Waals surface area contributed by atoms with Crippen LogP contribution in [0.3, 0.4) is 0 Å². The average molecular weight is 330 g/mol. The largest absolute Gasteiger partial charge is 0.480 e. The summed E-state index contributed by atoms with van der Waals surface area (Å²) in [7, 11) is 0. The Morgan fingerprint density at radius 1 is 1.45 bits per heavy atom. The summed E-state index contributed by atoms with van der Waals surface area (Å²) in [5.74, 6) is -1.08. The normalized spacial score (nSPS) is 12.5. The smallest absolute Gasteiger partial charge is 0.408 e. The van der Waals surface area contributed by atoms with Gasteiger partial charge >= 0.3 is 12.1 Å². The van der Waals surface area contributed by atoms with E-state index in [1.54, 1.807) is 20.8 Å². The SMILES string of the molecule is CC(C)(C)OC(=O)NC(CSCc1cncc(F)c1)C(=O)O. The summed E-state index contributed by atoms with van der Waals surface area (Å²) in [5.41, 5.74) is -0.0561. The number of hydrogen-bond donors (Lipinski definition) is 2. The molecular formula is C14H19FN2O4S. The first kappa shape index (κ1) is 18.2. The number of pyridine rings is 1. The highest BCUT2D eigenvalue weighted by Gasteiger charge is 2.23. The van der Waals surface area contributed by atoms with Crippen LogP contribution in [0, 0.1) is 5.82 Å². The second-order valence-electron chi connectivity index (χ2n) is 5.56. The fourth-order valence-electron chi connectivity index (χ4n) is 1.45. The summed E-state index contributed by atoms with van der Waals surface area (Å²) >= 11 is 1.25. The van der Waals surface area contributed by atoms with Crippen molar-refractivity contribution in [2.75, 3.05) is 5.75 Å². The van der Waals surface area contributed by atoms with Gasteiger partial charge in [-0.15, -0.1) is 0 Å². The van der Waals surface area contributed by atoms with Gasteiger partial charge in [-0.05, 0) is 32.4 Å². The van der Waals surface area contributed by atoms with Gasteiger partial charge in [-0.25, -0.2) is 14.0 Å². The second-order valence-corrected chi connectivity index (χ2v) is 6.59. The molecule has 1 aromatic rings. The predicted molar refractivity (Wildman–Crippen MR) is 81.2 cm³/mol. The number of carboxylic acids is 1. The number of ether oxygens (including phenoxy) is 1. The van der Waals surface area contributed by atoms with Crippen molar-refractivity contribution in [2.24, 2.45) is 0 Å². The molecule has 0 aromatic carbocycles. The zero-order chi connectivity index (χ0) is 16.8. The average Bonchev–Trinajstić information content (AvgIpc) is 2.35. The van der Waals surface area contributed by atoms with Gasteiger partial charge < -0.3 is 15.2 Å². The maximum atomic E-state index is 13.0. The first-order chi connectivity index (χ1) is 10.2. The van der Waals surface area contributed by atoms with Crippen LogP contribution in [-0.2, 0) is 15.3 Å². The highest BCUT2D eigenvalue weighted by Crippen LogP contribution is 2.14. The Kier molecular flexibility index (Phi) is 6.61. The molecule has 22 heavy (non-hydrogen) atoms. The minimum atomic E-state index is -1.16. The van der Waals surface area contributed by atoms with Crippen molar-refractivity contribution < 1.29 is 23.8 Å². The number of alkyl carbamates (subject to hydrolysis) is 1. The number of thioether (sulfide) groups is 1. The number of aromatic nitrogens is 1. The van der Waals surface area contributed by atoms with E-state index in [9.17, 15) is 14.0 Å². The first-order valence-electron chi connectivity index (χ1n) is 6.57. The summed E-state index contributed by atoms with van der Waals surface area (Å²) in [6, 6.07) is 0.248. The molecule has 0 radical (unpaired) electrons. The molecule has 1 heterocycles. The van der Waals surface area contributed by atoms with Gasteiger partial charge in [0.2, 0.25) is 0 Å². The van der Waals surface area contributed by atoms with E-state index in [1.165, 1.54) is 24.0 Å². The molecule has 0 aliphatic heterocycles. The molecule has 0 saturated heterocycles. The number of nitrogens with zero attached hydrogens (tertiary/aromatic N) is 1. The molecule has 0 bridgehead atoms. The Labute approximate surface area is 132 Å². The summed E-state index contributed by atoms with van der Waals surface area (Å²) < 4.78 is 18.0. The topological polar surface area (TPSA) is 88.5 Å². The van der Waals surface area contributed by atoms with Crippen LogP contribution in [0.4, 0.5) is 9.18 Å². The third kappa shape index (κ3) is 7.26. The highest BCUT2D eigenvalue weighted by molar-refractivity contribution is 7.98. The Bertz CT molecular complexity index is 534. The predicted octanol–water partition coefficient (Wildman–Crippen LogP) is 2.43. The van der Waals surface area contributed by atoms with Gasteiger partial charge in [-0.1, -0.05) is 0 Å². The molecule has 8 heteroatoms. The van der Waals surface area contributed by atoms with Gasteiger partial charge in [0.15, 0.2) is 0 Å². The number of hydrogen-bond acceptors (Lipinski definition) is 5. The number of carboxylic acid groups (broad SMARTS) is 1. The molecule has 1 rings (SSSR count). The zero-order valence-corrected chi connectivity index (χ0v) is 13.4. The van der Waals surface area contributed by atoms with E-state index < -0.39 is 29.5 Å². The molecule has 0 aliphatic carbocycles. The Hall–Kier alpha value is -1.83. The van der Waals surface area contributed by atoms with Crippen LogP contribution in [0.1, 0.15) is 26.3 Å². The van der Waals surface area contributed by atoms with Crippen LogP contribution in [0.25, 0.3) is 0 Å². The maximum Gasteiger partial charge on any atom is 0.408 e. The van der Waals surface area contributed by atoms with Gasteiger partial charge in [0.25, 0.3) is 0 Å². The van der Waals surface area contributed by atoms with Gasteiger partial charge in [0.1, 0.15) is 17.5 Å². The van der Waals surface area contributed by atoms with Crippen molar-refractivity contribution in [2.45, 2.75) is 38.2 Å². The summed E-state index contributed by atoms with van der Waals surface area (Å²) in [6.45, 7) is 5.07. The van der Waals surface area contributed by atoms with Crippen LogP contribution >= 0.6 is 11.8 Å². The monoisotopic (exact) mass is 330 g/mol. The lowest BCUT2D eigenvalue weighted by molar-refractivity contribution is -0.138. The zero-order valence-electron chi connectivity index (χ0n) is 12.6. The van der Waals surface area contributed by atoms with Crippen LogP contribution in [0.2, 0.25) is 0 Å². The van der Waals surface area contributed by atoms with Crippen molar-refractivity contribution >= 4 is 23.8 Å². The third-order valence-electron chi connectivity index (χ3n) is 2.30. The van der Waals surface area contributed by atoms with E-state index in [-0.39, 0.29) is 5.75 Å². The lowest BCUT2D eigenvalue weighted by Crippen LogP contribution is -2.44. The number of rotatable bonds is 6. The van der Waals surface area contributed by atoms with Gasteiger partial charge in [0.05, 0.1) is 6.20 Å². The Balaban J connectivity index is 2.48. The Morgan fingerprint density at radius 2 is 2.14 bits per heavy atom. The molecule has 1 aromatic heterocycles. The number of halogens is 1. The second kappa shape index (κ2) is 7.98. The third-order valence-corrected chi connectivity index (χ3v) is 3.41. The van der Waals surface area contributed by atoms with E-state index in [4.69, 9.17) is 9.84 Å². The molecule has 1 unspecified atom stereocenters. The van der Waals surface area contributed by atoms with Gasteiger partial charge in [-0.3, -0.25) is 4.98 Å². The maximum absolute atomic E-state index is 13.0. The minimum Gasteiger partial charge on any atom is -0.480 e. The quantitative estimate of drug-likeness (QED) is 0.833. The van der Waals surface area contributed by atoms with Crippen molar-refractivity contribution in [1.29, 1.82) is 0 Å². The van der Waals surface area contributed by atoms with Crippen LogP contribution in [0.5, 0.6) is 0 Å². The fourth-order valence-corrected chi connectivity index (χ4v) is 2.43. The van der Waals surface area contributed by atoms with E-state index in [0.29, 0.717) is 11.3 Å². The lowest BCUT2D eigenvalue weighted by Gasteiger charge is -2.21. The molecular weight excluding hydrogens is 311 g/mol.